The van der Waals surface area contributed by atoms with Crippen molar-refractivity contribution in [1.82, 2.24) is 20.4 Å². The van der Waals surface area contributed by atoms with Crippen molar-refractivity contribution < 1.29 is 0 Å². The normalized spacial score (nSPS) is 46.1. The van der Waals surface area contributed by atoms with Crippen LogP contribution in [0.25, 0.3) is 0 Å². The molecule has 10 saturated carbocycles. The zero-order valence-electron chi connectivity index (χ0n) is 53.7. The highest BCUT2D eigenvalue weighted by Gasteiger charge is 2.64. The van der Waals surface area contributed by atoms with Crippen LogP contribution in [0.5, 0.6) is 0 Å². The fourth-order valence-corrected chi connectivity index (χ4v) is 24.9. The fraction of sp³-hybridized carbons (Fsp3) is 1.00. The summed E-state index contributed by atoms with van der Waals surface area (Å²) in [6, 6.07) is 6.71. The Hall–Kier alpha value is -0.160. The van der Waals surface area contributed by atoms with Crippen molar-refractivity contribution in [1.29, 1.82) is 0 Å². The number of piperidine rings is 2. The molecule has 2 heterocycles. The Balaban J connectivity index is 0.890. The summed E-state index contributed by atoms with van der Waals surface area (Å²) in [6.45, 7) is 12.7. The quantitative estimate of drug-likeness (QED) is 0.106. The molecule has 10 aliphatic carbocycles. The molecule has 2 saturated heterocycles. The second-order valence-corrected chi connectivity index (χ2v) is 33.0. The van der Waals surface area contributed by atoms with Crippen molar-refractivity contribution in [2.24, 2.45) is 94.7 Å². The number of hydrogen-bond acceptors (Lipinski definition) is 4. The first-order chi connectivity index (χ1) is 39.4. The van der Waals surface area contributed by atoms with E-state index in [0.29, 0.717) is 0 Å². The van der Waals surface area contributed by atoms with Gasteiger partial charge in [-0.2, -0.15) is 0 Å². The Morgan fingerprint density at radius 1 is 0.312 bits per heavy atom. The molecule has 0 aromatic carbocycles. The summed E-state index contributed by atoms with van der Waals surface area (Å²) in [4.78, 5) is 7.16. The van der Waals surface area contributed by atoms with E-state index in [-0.39, 0.29) is 0 Å². The molecular formula is C76H134N4. The summed E-state index contributed by atoms with van der Waals surface area (Å²) in [5.41, 5.74) is 0. The van der Waals surface area contributed by atoms with E-state index in [4.69, 9.17) is 0 Å². The van der Waals surface area contributed by atoms with E-state index in [2.05, 4.69) is 48.1 Å². The van der Waals surface area contributed by atoms with Gasteiger partial charge in [-0.05, 0) is 275 Å². The molecule has 12 aliphatic rings. The number of rotatable bonds is 22. The first-order valence-corrected chi connectivity index (χ1v) is 38.5. The van der Waals surface area contributed by atoms with Crippen LogP contribution < -0.4 is 10.6 Å². The van der Waals surface area contributed by atoms with Crippen LogP contribution in [-0.2, 0) is 0 Å². The van der Waals surface area contributed by atoms with E-state index < -0.39 is 0 Å². The van der Waals surface area contributed by atoms with Crippen LogP contribution in [-0.4, -0.2) is 71.2 Å². The summed E-state index contributed by atoms with van der Waals surface area (Å²) < 4.78 is 0. The molecule has 0 spiro atoms. The zero-order chi connectivity index (χ0) is 54.4. The van der Waals surface area contributed by atoms with Crippen molar-refractivity contribution in [3.8, 4) is 0 Å². The summed E-state index contributed by atoms with van der Waals surface area (Å²) in [5, 5.41) is 9.20. The van der Waals surface area contributed by atoms with Crippen LogP contribution in [0.2, 0.25) is 0 Å². The third-order valence-corrected chi connectivity index (χ3v) is 28.8. The molecule has 0 aromatic rings. The van der Waals surface area contributed by atoms with Crippen LogP contribution in [0.15, 0.2) is 0 Å². The Bertz CT molecular complexity index is 1650. The molecule has 12 rings (SSSR count). The van der Waals surface area contributed by atoms with Gasteiger partial charge in [0.2, 0.25) is 0 Å². The highest BCUT2D eigenvalue weighted by molar-refractivity contribution is 5.16. The third kappa shape index (κ3) is 13.6. The van der Waals surface area contributed by atoms with Gasteiger partial charge in [0.15, 0.2) is 0 Å². The first-order valence-electron chi connectivity index (χ1n) is 38.5. The van der Waals surface area contributed by atoms with Crippen LogP contribution >= 0.6 is 0 Å². The number of nitrogens with zero attached hydrogens (tertiary/aromatic N) is 2. The van der Waals surface area contributed by atoms with Gasteiger partial charge < -0.3 is 10.6 Å². The number of fused-ring (bicyclic) bond motifs is 2. The predicted octanol–water partition coefficient (Wildman–Crippen LogP) is 19.8. The summed E-state index contributed by atoms with van der Waals surface area (Å²) in [6.07, 6.45) is 69.8. The van der Waals surface area contributed by atoms with E-state index in [1.54, 1.807) is 89.9 Å². The minimum atomic E-state index is 0.797. The van der Waals surface area contributed by atoms with E-state index in [1.807, 2.05) is 0 Å². The number of hydrogen-bond donors (Lipinski definition) is 2. The standard InChI is InChI=1S/C76H134N4/c1-5-7-9-11-13-15-21-55-31-39-61(40-32-55)79(59-35-27-53(3)28-36-59)71-51-69(75-63-25-19-17-23-57(63)47-49-77-75)65-44-46-68-72(52-70(66-43-45-67(71)73(65)74(66)68)76-64-26-20-18-24-58(64)48-50-78-76)80(60-37-29-54(4)30-38-60)62-41-33-56(34-42-62)22-16-14-12-10-8-6-2/h53-78H,5-52H2,1-4H3. The molecule has 4 nitrogen and oxygen atoms in total. The predicted molar refractivity (Wildman–Crippen MR) is 341 cm³/mol. The van der Waals surface area contributed by atoms with Crippen molar-refractivity contribution in [3.05, 3.63) is 0 Å². The Morgan fingerprint density at radius 3 is 1.06 bits per heavy atom. The van der Waals surface area contributed by atoms with Gasteiger partial charge in [0.25, 0.3) is 0 Å². The van der Waals surface area contributed by atoms with Crippen molar-refractivity contribution in [2.75, 3.05) is 13.1 Å². The Kier molecular flexibility index (Phi) is 22.0. The summed E-state index contributed by atoms with van der Waals surface area (Å²) >= 11 is 0. The second kappa shape index (κ2) is 29.2. The molecule has 12 fully saturated rings. The van der Waals surface area contributed by atoms with Crippen LogP contribution in [0.3, 0.4) is 0 Å². The Labute approximate surface area is 497 Å². The smallest absolute Gasteiger partial charge is 0.0136 e. The number of unbranched alkanes of at least 4 members (excludes halogenated alkanes) is 10. The van der Waals surface area contributed by atoms with E-state index >= 15 is 0 Å². The molecule has 458 valence electrons. The van der Waals surface area contributed by atoms with Crippen LogP contribution in [0.4, 0.5) is 0 Å². The first kappa shape index (κ1) is 60.1. The van der Waals surface area contributed by atoms with Gasteiger partial charge in [0.05, 0.1) is 0 Å². The maximum absolute atomic E-state index is 4.60. The summed E-state index contributed by atoms with van der Waals surface area (Å²) in [5.74, 6) is 15.5. The second-order valence-electron chi connectivity index (χ2n) is 33.0. The minimum absolute atomic E-state index is 0.797. The molecule has 80 heavy (non-hydrogen) atoms. The SMILES string of the molecule is CCCCCCCCC1CCC(N(C2CCC(C)CC2)C2CC(C3NCCC4CCCCC43)C3CCC4C5C(CCC2C35)C(C2NCCC3CCCCC32)CC4N(C2CCC(C)CC2)C2CCC(CCCCCCCC)CC2)CC1. The maximum atomic E-state index is 4.60. The van der Waals surface area contributed by atoms with Gasteiger partial charge in [-0.15, -0.1) is 0 Å². The maximum Gasteiger partial charge on any atom is 0.0136 e. The lowest BCUT2D eigenvalue weighted by atomic mass is 9.41. The molecule has 4 heteroatoms. The van der Waals surface area contributed by atoms with Gasteiger partial charge in [-0.3, -0.25) is 9.80 Å². The van der Waals surface area contributed by atoms with E-state index in [0.717, 1.165) is 143 Å². The topological polar surface area (TPSA) is 30.5 Å². The molecule has 0 aromatic heterocycles. The third-order valence-electron chi connectivity index (χ3n) is 28.8. The summed E-state index contributed by atoms with van der Waals surface area (Å²) in [7, 11) is 0. The average Bonchev–Trinajstić information content (AvgIpc) is 3.69. The van der Waals surface area contributed by atoms with Gasteiger partial charge in [0, 0.05) is 48.3 Å². The van der Waals surface area contributed by atoms with Gasteiger partial charge in [-0.1, -0.05) is 156 Å². The lowest BCUT2D eigenvalue weighted by Gasteiger charge is -2.69. The van der Waals surface area contributed by atoms with Gasteiger partial charge in [-0.25, -0.2) is 0 Å². The Morgan fingerprint density at radius 2 is 0.662 bits per heavy atom. The molecule has 16 atom stereocenters. The van der Waals surface area contributed by atoms with Crippen molar-refractivity contribution in [3.63, 3.8) is 0 Å². The van der Waals surface area contributed by atoms with Crippen molar-refractivity contribution >= 4 is 0 Å². The molecular weight excluding hydrogens is 969 g/mol. The highest BCUT2D eigenvalue weighted by atomic mass is 15.2. The largest absolute Gasteiger partial charge is 0.313 e. The lowest BCUT2D eigenvalue weighted by Crippen LogP contribution is -2.70. The van der Waals surface area contributed by atoms with Gasteiger partial charge >= 0.3 is 0 Å². The monoisotopic (exact) mass is 1100 g/mol. The zero-order valence-corrected chi connectivity index (χ0v) is 53.7. The number of nitrogens with one attached hydrogen (secondary N) is 2. The van der Waals surface area contributed by atoms with E-state index in [9.17, 15) is 0 Å². The molecule has 0 amide bonds. The van der Waals surface area contributed by atoms with Crippen molar-refractivity contribution in [2.45, 2.75) is 371 Å². The van der Waals surface area contributed by atoms with Crippen LogP contribution in [0.1, 0.15) is 323 Å². The highest BCUT2D eigenvalue weighted by Crippen LogP contribution is 2.66. The molecule has 2 N–H and O–H groups in total. The molecule has 0 radical (unpaired) electrons. The molecule has 2 aliphatic heterocycles. The minimum Gasteiger partial charge on any atom is -0.313 e. The fourth-order valence-electron chi connectivity index (χ4n) is 24.9. The average molecular weight is 1100 g/mol. The lowest BCUT2D eigenvalue weighted by molar-refractivity contribution is -0.189. The molecule has 16 unspecified atom stereocenters. The van der Waals surface area contributed by atoms with E-state index in [1.165, 1.54) is 219 Å². The molecule has 0 bridgehead atoms. The van der Waals surface area contributed by atoms with Crippen LogP contribution in [0, 0.1) is 94.7 Å². The van der Waals surface area contributed by atoms with Gasteiger partial charge in [0.1, 0.15) is 0 Å².